The summed E-state index contributed by atoms with van der Waals surface area (Å²) in [5, 5.41) is 9.14. The second-order valence-electron chi connectivity index (χ2n) is 7.01. The fourth-order valence-electron chi connectivity index (χ4n) is 3.49. The summed E-state index contributed by atoms with van der Waals surface area (Å²) in [5.74, 6) is 0. The molecule has 1 aromatic heterocycles. The van der Waals surface area contributed by atoms with Crippen LogP contribution in [0.15, 0.2) is 91.0 Å². The number of fused-ring (bicyclic) bond motifs is 2. The minimum atomic E-state index is -0.226. The van der Waals surface area contributed by atoms with Crippen molar-refractivity contribution in [3.8, 4) is 10.6 Å². The number of hydrogen-bond donors (Lipinski definition) is 2. The Labute approximate surface area is 178 Å². The van der Waals surface area contributed by atoms with Gasteiger partial charge in [0.1, 0.15) is 5.01 Å². The van der Waals surface area contributed by atoms with Crippen LogP contribution in [0.5, 0.6) is 0 Å². The molecular formula is C25H19N3OS. The molecule has 5 aromatic rings. The van der Waals surface area contributed by atoms with E-state index in [1.165, 1.54) is 10.1 Å². The summed E-state index contributed by atoms with van der Waals surface area (Å²) in [4.78, 5) is 17.0. The van der Waals surface area contributed by atoms with Gasteiger partial charge in [-0.15, -0.1) is 11.3 Å². The first-order valence-corrected chi connectivity index (χ1v) is 10.6. The minimum absolute atomic E-state index is 0.226. The van der Waals surface area contributed by atoms with E-state index < -0.39 is 0 Å². The van der Waals surface area contributed by atoms with Crippen LogP contribution < -0.4 is 10.6 Å². The van der Waals surface area contributed by atoms with Crippen molar-refractivity contribution in [2.75, 3.05) is 5.32 Å². The van der Waals surface area contributed by atoms with Crippen LogP contribution in [-0.4, -0.2) is 11.0 Å². The lowest BCUT2D eigenvalue weighted by Crippen LogP contribution is -2.28. The summed E-state index contributed by atoms with van der Waals surface area (Å²) in [6.07, 6.45) is 0. The number of urea groups is 1. The highest BCUT2D eigenvalue weighted by Crippen LogP contribution is 2.30. The number of carbonyl (C=O) groups is 1. The molecule has 0 atom stereocenters. The Kier molecular flexibility index (Phi) is 4.87. The number of amides is 2. The van der Waals surface area contributed by atoms with Crippen molar-refractivity contribution in [3.05, 3.63) is 96.6 Å². The molecule has 30 heavy (non-hydrogen) atoms. The first kappa shape index (κ1) is 18.3. The van der Waals surface area contributed by atoms with Crippen LogP contribution in [0.3, 0.4) is 0 Å². The number of nitrogens with zero attached hydrogens (tertiary/aromatic N) is 1. The molecular weight excluding hydrogens is 390 g/mol. The van der Waals surface area contributed by atoms with E-state index in [1.54, 1.807) is 11.3 Å². The summed E-state index contributed by atoms with van der Waals surface area (Å²) in [6, 6.07) is 30.0. The van der Waals surface area contributed by atoms with E-state index in [1.807, 2.05) is 66.7 Å². The summed E-state index contributed by atoms with van der Waals surface area (Å²) in [5.41, 5.74) is 3.88. The average molecular weight is 410 g/mol. The lowest BCUT2D eigenvalue weighted by Gasteiger charge is -2.10. The van der Waals surface area contributed by atoms with Gasteiger partial charge in [0.25, 0.3) is 0 Å². The standard InChI is InChI=1S/C25H19N3OS/c29-25(26-16-19-8-5-7-17-6-1-2-9-21(17)19)27-20-14-12-18(13-15-20)24-28-22-10-3-4-11-23(22)30-24/h1-15H,16H2,(H2,26,27,29). The van der Waals surface area contributed by atoms with E-state index >= 15 is 0 Å². The Hall–Kier alpha value is -3.70. The Morgan fingerprint density at radius 3 is 2.47 bits per heavy atom. The quantitative estimate of drug-likeness (QED) is 0.359. The van der Waals surface area contributed by atoms with Gasteiger partial charge in [-0.25, -0.2) is 9.78 Å². The molecule has 0 aliphatic rings. The Bertz CT molecular complexity index is 1300. The molecule has 2 N–H and O–H groups in total. The maximum atomic E-state index is 12.4. The number of carbonyl (C=O) groups excluding carboxylic acids is 1. The molecule has 0 fully saturated rings. The zero-order valence-electron chi connectivity index (χ0n) is 16.1. The number of anilines is 1. The Morgan fingerprint density at radius 2 is 1.60 bits per heavy atom. The molecule has 0 unspecified atom stereocenters. The fraction of sp³-hybridized carbons (Fsp3) is 0.0400. The third kappa shape index (κ3) is 3.75. The zero-order chi connectivity index (χ0) is 20.3. The van der Waals surface area contributed by atoms with Gasteiger partial charge in [0, 0.05) is 17.8 Å². The van der Waals surface area contributed by atoms with Gasteiger partial charge in [0.05, 0.1) is 10.2 Å². The molecule has 1 heterocycles. The smallest absolute Gasteiger partial charge is 0.319 e. The molecule has 4 aromatic carbocycles. The predicted octanol–water partition coefficient (Wildman–Crippen LogP) is 6.44. The van der Waals surface area contributed by atoms with Crippen LogP contribution in [0, 0.1) is 0 Å². The predicted molar refractivity (Wildman–Crippen MR) is 125 cm³/mol. The van der Waals surface area contributed by atoms with Crippen molar-refractivity contribution >= 4 is 44.0 Å². The number of thiazole rings is 1. The summed E-state index contributed by atoms with van der Waals surface area (Å²) >= 11 is 1.67. The Morgan fingerprint density at radius 1 is 0.833 bits per heavy atom. The lowest BCUT2D eigenvalue weighted by molar-refractivity contribution is 0.252. The van der Waals surface area contributed by atoms with Crippen molar-refractivity contribution in [1.29, 1.82) is 0 Å². The van der Waals surface area contributed by atoms with E-state index in [4.69, 9.17) is 0 Å². The van der Waals surface area contributed by atoms with Crippen LogP contribution in [0.1, 0.15) is 5.56 Å². The number of nitrogens with one attached hydrogen (secondary N) is 2. The molecule has 0 radical (unpaired) electrons. The van der Waals surface area contributed by atoms with Crippen LogP contribution in [0.25, 0.3) is 31.6 Å². The summed E-state index contributed by atoms with van der Waals surface area (Å²) in [6.45, 7) is 0.469. The average Bonchev–Trinajstić information content (AvgIpc) is 3.22. The molecule has 4 nitrogen and oxygen atoms in total. The molecule has 2 amide bonds. The molecule has 0 aliphatic carbocycles. The summed E-state index contributed by atoms with van der Waals surface area (Å²) in [7, 11) is 0. The van der Waals surface area contributed by atoms with Crippen LogP contribution in [-0.2, 0) is 6.54 Å². The van der Waals surface area contributed by atoms with Gasteiger partial charge in [0.2, 0.25) is 0 Å². The molecule has 0 aliphatic heterocycles. The topological polar surface area (TPSA) is 54.0 Å². The van der Waals surface area contributed by atoms with Crippen LogP contribution in [0.4, 0.5) is 10.5 Å². The first-order valence-electron chi connectivity index (χ1n) is 9.74. The molecule has 5 heteroatoms. The monoisotopic (exact) mass is 409 g/mol. The second-order valence-corrected chi connectivity index (χ2v) is 8.04. The van der Waals surface area contributed by atoms with Gasteiger partial charge in [-0.3, -0.25) is 0 Å². The van der Waals surface area contributed by atoms with Crippen molar-refractivity contribution in [2.24, 2.45) is 0 Å². The van der Waals surface area contributed by atoms with E-state index in [-0.39, 0.29) is 6.03 Å². The van der Waals surface area contributed by atoms with E-state index in [2.05, 4.69) is 39.9 Å². The van der Waals surface area contributed by atoms with E-state index in [0.717, 1.165) is 32.7 Å². The number of rotatable bonds is 4. The van der Waals surface area contributed by atoms with Crippen molar-refractivity contribution in [3.63, 3.8) is 0 Å². The van der Waals surface area contributed by atoms with Gasteiger partial charge in [-0.1, -0.05) is 54.6 Å². The molecule has 0 bridgehead atoms. The maximum absolute atomic E-state index is 12.4. The first-order chi connectivity index (χ1) is 14.8. The van der Waals surface area contributed by atoms with Crippen molar-refractivity contribution < 1.29 is 4.79 Å². The van der Waals surface area contributed by atoms with E-state index in [9.17, 15) is 4.79 Å². The second kappa shape index (κ2) is 7.97. The highest BCUT2D eigenvalue weighted by molar-refractivity contribution is 7.21. The van der Waals surface area contributed by atoms with E-state index in [0.29, 0.717) is 6.54 Å². The maximum Gasteiger partial charge on any atom is 0.319 e. The fourth-order valence-corrected chi connectivity index (χ4v) is 4.46. The highest BCUT2D eigenvalue weighted by Gasteiger charge is 2.07. The highest BCUT2D eigenvalue weighted by atomic mass is 32.1. The normalized spacial score (nSPS) is 10.9. The third-order valence-electron chi connectivity index (χ3n) is 5.00. The van der Waals surface area contributed by atoms with Gasteiger partial charge in [0.15, 0.2) is 0 Å². The molecule has 0 saturated heterocycles. The number of benzene rings is 4. The molecule has 146 valence electrons. The zero-order valence-corrected chi connectivity index (χ0v) is 16.9. The SMILES string of the molecule is O=C(NCc1cccc2ccccc12)Nc1ccc(-c2nc3ccccc3s2)cc1. The largest absolute Gasteiger partial charge is 0.334 e. The number of para-hydroxylation sites is 1. The van der Waals surface area contributed by atoms with Gasteiger partial charge in [-0.05, 0) is 52.7 Å². The van der Waals surface area contributed by atoms with Gasteiger partial charge in [-0.2, -0.15) is 0 Å². The third-order valence-corrected chi connectivity index (χ3v) is 6.09. The van der Waals surface area contributed by atoms with Gasteiger partial charge >= 0.3 is 6.03 Å². The molecule has 0 spiro atoms. The molecule has 0 saturated carbocycles. The minimum Gasteiger partial charge on any atom is -0.334 e. The van der Waals surface area contributed by atoms with Crippen LogP contribution >= 0.6 is 11.3 Å². The van der Waals surface area contributed by atoms with Crippen molar-refractivity contribution in [1.82, 2.24) is 10.3 Å². The van der Waals surface area contributed by atoms with Gasteiger partial charge < -0.3 is 10.6 Å². The summed E-state index contributed by atoms with van der Waals surface area (Å²) < 4.78 is 1.17. The Balaban J connectivity index is 1.25. The van der Waals surface area contributed by atoms with Crippen molar-refractivity contribution in [2.45, 2.75) is 6.54 Å². The molecule has 5 rings (SSSR count). The lowest BCUT2D eigenvalue weighted by atomic mass is 10.0. The van der Waals surface area contributed by atoms with Crippen LogP contribution in [0.2, 0.25) is 0 Å². The number of aromatic nitrogens is 1. The number of hydrogen-bond acceptors (Lipinski definition) is 3.